The van der Waals surface area contributed by atoms with Crippen molar-refractivity contribution in [3.63, 3.8) is 0 Å². The lowest BCUT2D eigenvalue weighted by Crippen LogP contribution is -2.16. The minimum atomic E-state index is -6.00. The highest BCUT2D eigenvalue weighted by Crippen LogP contribution is 2.41. The van der Waals surface area contributed by atoms with Crippen LogP contribution in [0.5, 0.6) is 5.75 Å². The van der Waals surface area contributed by atoms with Crippen LogP contribution in [-0.4, -0.2) is 46.6 Å². The molecule has 198 valence electrons. The summed E-state index contributed by atoms with van der Waals surface area (Å²) < 4.78 is 85.1. The second-order valence-electron chi connectivity index (χ2n) is 8.06. The molecule has 2 unspecified atom stereocenters. The first-order valence-electron chi connectivity index (χ1n) is 10.2. The van der Waals surface area contributed by atoms with Crippen molar-refractivity contribution in [2.24, 2.45) is 0 Å². The van der Waals surface area contributed by atoms with Crippen LogP contribution < -0.4 is 4.74 Å². The quantitative estimate of drug-likeness (QED) is 0.196. The van der Waals surface area contributed by atoms with Gasteiger partial charge in [-0.15, -0.1) is 0 Å². The molecule has 35 heavy (non-hydrogen) atoms. The molecule has 4 bridgehead atoms. The molecule has 0 saturated carbocycles. The topological polar surface area (TPSA) is 9.23 Å². The highest BCUT2D eigenvalue weighted by atomic mass is 79.9. The maximum atomic E-state index is 9.75. The summed E-state index contributed by atoms with van der Waals surface area (Å²) in [5.74, 6) is 1.10. The zero-order valence-corrected chi connectivity index (χ0v) is 23.0. The summed E-state index contributed by atoms with van der Waals surface area (Å²) >= 11 is 3.76. The molecule has 0 spiro atoms. The Hall–Kier alpha value is -1.01. The van der Waals surface area contributed by atoms with E-state index in [-0.39, 0.29) is 10.9 Å². The van der Waals surface area contributed by atoms with Crippen LogP contribution >= 0.6 is 15.9 Å². The van der Waals surface area contributed by atoms with Gasteiger partial charge in [0.1, 0.15) is 16.2 Å². The molecule has 1 nitrogen and oxygen atoms in total. The predicted octanol–water partition coefficient (Wildman–Crippen LogP) is 7.69. The Bertz CT molecular complexity index is 917. The van der Waals surface area contributed by atoms with Gasteiger partial charge in [0.2, 0.25) is 0 Å². The Balaban J connectivity index is 0.000000519. The van der Waals surface area contributed by atoms with E-state index in [1.165, 1.54) is 26.7 Å². The largest absolute Gasteiger partial charge is 0.673 e. The molecule has 0 amide bonds. The molecule has 4 rings (SSSR count). The SMILES string of the molecule is COc1c2cc(Br)cc1C([S+](C)C)Cc1ccc(cc1)C([S+](C)C)C2.F[B-](F)(F)F.F[B-](F)(F)F. The molecule has 0 radical (unpaired) electrons. The molecule has 0 heterocycles. The van der Waals surface area contributed by atoms with E-state index in [0.717, 1.165) is 18.6 Å². The lowest BCUT2D eigenvalue weighted by molar-refractivity contribution is 0.366. The van der Waals surface area contributed by atoms with Crippen molar-refractivity contribution in [2.45, 2.75) is 23.3 Å². The van der Waals surface area contributed by atoms with Crippen LogP contribution in [-0.2, 0) is 34.6 Å². The summed E-state index contributed by atoms with van der Waals surface area (Å²) in [4.78, 5) is 0. The van der Waals surface area contributed by atoms with Gasteiger partial charge in [-0.3, -0.25) is 0 Å². The van der Waals surface area contributed by atoms with Crippen molar-refractivity contribution in [1.82, 2.24) is 0 Å². The molecule has 0 fully saturated rings. The van der Waals surface area contributed by atoms with E-state index in [9.17, 15) is 34.5 Å². The molecule has 0 aliphatic heterocycles. The fourth-order valence-corrected chi connectivity index (χ4v) is 6.63. The van der Waals surface area contributed by atoms with Gasteiger partial charge in [-0.2, -0.15) is 0 Å². The third-order valence-electron chi connectivity index (χ3n) is 5.03. The van der Waals surface area contributed by atoms with Crippen molar-refractivity contribution in [3.8, 4) is 5.75 Å². The van der Waals surface area contributed by atoms with Crippen LogP contribution in [0.1, 0.15) is 32.8 Å². The Kier molecular flexibility index (Phi) is 12.4. The summed E-state index contributed by atoms with van der Waals surface area (Å²) in [7, 11) is -9.61. The Labute approximate surface area is 215 Å². The normalized spacial score (nSPS) is 17.7. The fraction of sp³-hybridized carbons (Fsp3) is 0.429. The first kappa shape index (κ1) is 32.0. The Morgan fingerprint density at radius 1 is 0.771 bits per heavy atom. The van der Waals surface area contributed by atoms with Crippen molar-refractivity contribution in [2.75, 3.05) is 32.1 Å². The van der Waals surface area contributed by atoms with Gasteiger partial charge in [-0.25, -0.2) is 0 Å². The number of hydrogen-bond acceptors (Lipinski definition) is 1. The molecule has 2 aromatic rings. The predicted molar refractivity (Wildman–Crippen MR) is 139 cm³/mol. The second-order valence-corrected chi connectivity index (χ2v) is 13.6. The number of methoxy groups -OCH3 is 1. The smallest absolute Gasteiger partial charge is 0.496 e. The first-order chi connectivity index (χ1) is 15.9. The minimum absolute atomic E-state index is 0.265. The summed E-state index contributed by atoms with van der Waals surface area (Å²) in [5.41, 5.74) is 5.56. The summed E-state index contributed by atoms with van der Waals surface area (Å²) in [5, 5.41) is 1.01. The van der Waals surface area contributed by atoms with Crippen molar-refractivity contribution < 1.29 is 39.3 Å². The molecule has 2 aromatic carbocycles. The number of benzene rings is 2. The number of rotatable bonds is 3. The van der Waals surface area contributed by atoms with E-state index >= 15 is 0 Å². The summed E-state index contributed by atoms with van der Waals surface area (Å²) in [6.45, 7) is 0. The molecule has 14 heteroatoms. The molecule has 2 aliphatic rings. The molecular formula is C21H27B2BrF8OS2. The highest BCUT2D eigenvalue weighted by Gasteiger charge is 2.33. The average molecular weight is 613 g/mol. The van der Waals surface area contributed by atoms with E-state index in [0.29, 0.717) is 21.4 Å². The zero-order valence-electron chi connectivity index (χ0n) is 19.8. The molecule has 0 saturated heterocycles. The van der Waals surface area contributed by atoms with Crippen molar-refractivity contribution in [1.29, 1.82) is 0 Å². The van der Waals surface area contributed by atoms with E-state index in [2.05, 4.69) is 77.4 Å². The lowest BCUT2D eigenvalue weighted by Gasteiger charge is -2.21. The monoisotopic (exact) mass is 612 g/mol. The molecule has 0 N–H and O–H groups in total. The van der Waals surface area contributed by atoms with Gasteiger partial charge in [-0.05, 0) is 39.5 Å². The van der Waals surface area contributed by atoms with Crippen LogP contribution in [0.2, 0.25) is 0 Å². The van der Waals surface area contributed by atoms with Crippen LogP contribution in [0.3, 0.4) is 0 Å². The van der Waals surface area contributed by atoms with Crippen molar-refractivity contribution in [3.05, 3.63) is 63.1 Å². The summed E-state index contributed by atoms with van der Waals surface area (Å²) in [6, 6.07) is 13.9. The number of hydrogen-bond donors (Lipinski definition) is 0. The average Bonchev–Trinajstić information content (AvgIpc) is 2.69. The van der Waals surface area contributed by atoms with Crippen LogP contribution in [0.15, 0.2) is 40.9 Å². The van der Waals surface area contributed by atoms with Gasteiger partial charge in [-0.1, -0.05) is 40.2 Å². The number of halogens is 9. The van der Waals surface area contributed by atoms with Gasteiger partial charge in [0, 0.05) is 34.0 Å². The van der Waals surface area contributed by atoms with Gasteiger partial charge < -0.3 is 39.3 Å². The van der Waals surface area contributed by atoms with Crippen LogP contribution in [0, 0.1) is 0 Å². The number of ether oxygens (including phenoxy) is 1. The maximum Gasteiger partial charge on any atom is 0.673 e. The van der Waals surface area contributed by atoms with E-state index in [4.69, 9.17) is 4.74 Å². The van der Waals surface area contributed by atoms with Crippen LogP contribution in [0.25, 0.3) is 0 Å². The first-order valence-corrected chi connectivity index (χ1v) is 15.2. The second kappa shape index (κ2) is 13.5. The van der Waals surface area contributed by atoms with Crippen molar-refractivity contribution >= 4 is 52.2 Å². The standard InChI is InChI=1S/C21H27BrOS2.2BF4/c1-23-21-16-11-17(22)13-18(21)20(25(4)5)10-14-6-8-15(9-7-14)19(12-16)24(2)3;2*2-1(3,4)5/h6-9,11,13,19-20H,10,12H2,1-5H3;;/q+2;2*-1. The van der Waals surface area contributed by atoms with Gasteiger partial charge in [0.25, 0.3) is 0 Å². The minimum Gasteiger partial charge on any atom is -0.496 e. The third kappa shape index (κ3) is 12.2. The number of fused-ring (bicyclic) bond motifs is 4. The van der Waals surface area contributed by atoms with Gasteiger partial charge >= 0.3 is 14.5 Å². The van der Waals surface area contributed by atoms with Crippen LogP contribution in [0.4, 0.5) is 34.5 Å². The van der Waals surface area contributed by atoms with Gasteiger partial charge in [0.05, 0.1) is 32.1 Å². The van der Waals surface area contributed by atoms with Gasteiger partial charge in [0.15, 0.2) is 0 Å². The molecular weight excluding hydrogens is 586 g/mol. The maximum absolute atomic E-state index is 9.75. The molecule has 0 aromatic heterocycles. The molecule has 2 atom stereocenters. The lowest BCUT2D eigenvalue weighted by atomic mass is 9.99. The van der Waals surface area contributed by atoms with E-state index in [1.54, 1.807) is 0 Å². The van der Waals surface area contributed by atoms with E-state index < -0.39 is 14.5 Å². The third-order valence-corrected chi connectivity index (χ3v) is 8.62. The molecule has 2 aliphatic carbocycles. The zero-order chi connectivity index (χ0) is 27.1. The van der Waals surface area contributed by atoms with E-state index in [1.807, 2.05) is 7.11 Å². The fourth-order valence-electron chi connectivity index (χ4n) is 3.68. The highest BCUT2D eigenvalue weighted by molar-refractivity contribution is 9.10. The summed E-state index contributed by atoms with van der Waals surface area (Å²) in [6.07, 6.45) is 11.5. The Morgan fingerprint density at radius 2 is 1.23 bits per heavy atom. The Morgan fingerprint density at radius 3 is 1.63 bits per heavy atom.